The van der Waals surface area contributed by atoms with E-state index in [0.29, 0.717) is 0 Å². The highest BCUT2D eigenvalue weighted by atomic mass is 16.5. The van der Waals surface area contributed by atoms with Crippen LogP contribution in [0.5, 0.6) is 5.75 Å². The topological polar surface area (TPSA) is 66.8 Å². The summed E-state index contributed by atoms with van der Waals surface area (Å²) in [5, 5.41) is 19.3. The number of ether oxygens (including phenoxy) is 1. The number of phenols is 1. The lowest BCUT2D eigenvalue weighted by molar-refractivity contribution is -0.139. The molecule has 110 valence electrons. The van der Waals surface area contributed by atoms with Gasteiger partial charge in [0.25, 0.3) is 0 Å². The predicted molar refractivity (Wildman–Crippen MR) is 79.9 cm³/mol. The Morgan fingerprint density at radius 1 is 1.19 bits per heavy atom. The van der Waals surface area contributed by atoms with Crippen molar-refractivity contribution in [3.05, 3.63) is 53.6 Å². The molecule has 2 rings (SSSR count). The van der Waals surface area contributed by atoms with Gasteiger partial charge in [0.15, 0.2) is 0 Å². The van der Waals surface area contributed by atoms with Crippen LogP contribution in [0, 0.1) is 0 Å². The Morgan fingerprint density at radius 2 is 1.86 bits per heavy atom. The van der Waals surface area contributed by atoms with Crippen LogP contribution in [-0.4, -0.2) is 23.3 Å². The molecular weight excluding hydrogens is 268 g/mol. The van der Waals surface area contributed by atoms with Gasteiger partial charge in [-0.2, -0.15) is 0 Å². The van der Waals surface area contributed by atoms with Crippen molar-refractivity contribution in [3.63, 3.8) is 0 Å². The molecule has 0 aliphatic heterocycles. The SMILES string of the molecule is COC(=O)Cc1ccc(-c2ccc(O)cc2)c(C(C)O)c1. The maximum atomic E-state index is 11.3. The standard InChI is InChI=1S/C17H18O4/c1-11(18)16-9-12(10-17(20)21-2)3-8-15(16)13-4-6-14(19)7-5-13/h3-9,11,18-19H,10H2,1-2H3. The Morgan fingerprint density at radius 3 is 2.43 bits per heavy atom. The Kier molecular flexibility index (Phi) is 4.60. The van der Waals surface area contributed by atoms with Gasteiger partial charge < -0.3 is 14.9 Å². The summed E-state index contributed by atoms with van der Waals surface area (Å²) in [5.74, 6) is -0.122. The number of methoxy groups -OCH3 is 1. The lowest BCUT2D eigenvalue weighted by Gasteiger charge is -2.14. The van der Waals surface area contributed by atoms with E-state index in [1.54, 1.807) is 31.2 Å². The zero-order valence-electron chi connectivity index (χ0n) is 12.0. The molecule has 1 atom stereocenters. The predicted octanol–water partition coefficient (Wildman–Crippen LogP) is 2.83. The second-order valence-electron chi connectivity index (χ2n) is 4.90. The molecule has 0 heterocycles. The number of hydrogen-bond donors (Lipinski definition) is 2. The molecule has 1 unspecified atom stereocenters. The van der Waals surface area contributed by atoms with E-state index in [1.165, 1.54) is 7.11 Å². The minimum absolute atomic E-state index is 0.173. The van der Waals surface area contributed by atoms with Crippen LogP contribution in [0.1, 0.15) is 24.2 Å². The molecule has 2 N–H and O–H groups in total. The first-order valence-corrected chi connectivity index (χ1v) is 6.68. The molecule has 21 heavy (non-hydrogen) atoms. The van der Waals surface area contributed by atoms with E-state index in [4.69, 9.17) is 0 Å². The quantitative estimate of drug-likeness (QED) is 0.848. The van der Waals surface area contributed by atoms with Gasteiger partial charge in [-0.25, -0.2) is 0 Å². The van der Waals surface area contributed by atoms with Crippen molar-refractivity contribution in [2.45, 2.75) is 19.4 Å². The second-order valence-corrected chi connectivity index (χ2v) is 4.90. The van der Waals surface area contributed by atoms with Crippen LogP contribution in [0.25, 0.3) is 11.1 Å². The summed E-state index contributed by atoms with van der Waals surface area (Å²) >= 11 is 0. The minimum Gasteiger partial charge on any atom is -0.508 e. The summed E-state index contributed by atoms with van der Waals surface area (Å²) in [6.45, 7) is 1.68. The summed E-state index contributed by atoms with van der Waals surface area (Å²) in [5.41, 5.74) is 3.30. The number of carbonyl (C=O) groups is 1. The first kappa shape index (κ1) is 15.1. The van der Waals surface area contributed by atoms with Crippen molar-refractivity contribution >= 4 is 5.97 Å². The first-order chi connectivity index (χ1) is 10.0. The number of hydrogen-bond acceptors (Lipinski definition) is 4. The van der Waals surface area contributed by atoms with Gasteiger partial charge in [0, 0.05) is 0 Å². The van der Waals surface area contributed by atoms with E-state index in [0.717, 1.165) is 22.3 Å². The normalized spacial score (nSPS) is 12.0. The van der Waals surface area contributed by atoms with E-state index < -0.39 is 6.10 Å². The maximum Gasteiger partial charge on any atom is 0.309 e. The third kappa shape index (κ3) is 3.61. The molecule has 0 amide bonds. The third-order valence-corrected chi connectivity index (χ3v) is 3.32. The summed E-state index contributed by atoms with van der Waals surface area (Å²) in [7, 11) is 1.35. The highest BCUT2D eigenvalue weighted by Crippen LogP contribution is 2.30. The summed E-state index contributed by atoms with van der Waals surface area (Å²) in [6, 6.07) is 12.3. The van der Waals surface area contributed by atoms with Crippen molar-refractivity contribution < 1.29 is 19.7 Å². The van der Waals surface area contributed by atoms with Crippen molar-refractivity contribution in [3.8, 4) is 16.9 Å². The molecule has 0 saturated carbocycles. The van der Waals surface area contributed by atoms with Gasteiger partial charge in [-0.3, -0.25) is 4.79 Å². The fourth-order valence-electron chi connectivity index (χ4n) is 2.21. The zero-order valence-corrected chi connectivity index (χ0v) is 12.0. The zero-order chi connectivity index (χ0) is 15.4. The van der Waals surface area contributed by atoms with Crippen LogP contribution in [0.2, 0.25) is 0 Å². The van der Waals surface area contributed by atoms with Crippen molar-refractivity contribution in [1.29, 1.82) is 0 Å². The molecule has 0 bridgehead atoms. The average Bonchev–Trinajstić information content (AvgIpc) is 2.48. The first-order valence-electron chi connectivity index (χ1n) is 6.68. The van der Waals surface area contributed by atoms with Crippen LogP contribution >= 0.6 is 0 Å². The van der Waals surface area contributed by atoms with E-state index >= 15 is 0 Å². The summed E-state index contributed by atoms with van der Waals surface area (Å²) in [6.07, 6.45) is -0.488. The molecule has 2 aromatic carbocycles. The van der Waals surface area contributed by atoms with E-state index in [-0.39, 0.29) is 18.1 Å². The monoisotopic (exact) mass is 286 g/mol. The van der Waals surface area contributed by atoms with Crippen molar-refractivity contribution in [1.82, 2.24) is 0 Å². The number of benzene rings is 2. The van der Waals surface area contributed by atoms with Crippen LogP contribution in [0.15, 0.2) is 42.5 Å². The molecule has 4 nitrogen and oxygen atoms in total. The highest BCUT2D eigenvalue weighted by Gasteiger charge is 2.12. The number of phenolic OH excluding ortho intramolecular Hbond substituents is 1. The van der Waals surface area contributed by atoms with Gasteiger partial charge in [-0.1, -0.05) is 30.3 Å². The van der Waals surface area contributed by atoms with Gasteiger partial charge >= 0.3 is 5.97 Å². The van der Waals surface area contributed by atoms with E-state index in [9.17, 15) is 15.0 Å². The number of carbonyl (C=O) groups excluding carboxylic acids is 1. The number of esters is 1. The molecule has 0 aliphatic rings. The summed E-state index contributed by atoms with van der Waals surface area (Å²) in [4.78, 5) is 11.3. The molecule has 0 radical (unpaired) electrons. The number of aromatic hydroxyl groups is 1. The lowest BCUT2D eigenvalue weighted by atomic mass is 9.94. The maximum absolute atomic E-state index is 11.3. The third-order valence-electron chi connectivity index (χ3n) is 3.32. The molecule has 0 fully saturated rings. The van der Waals surface area contributed by atoms with Gasteiger partial charge in [0.2, 0.25) is 0 Å². The largest absolute Gasteiger partial charge is 0.508 e. The number of aliphatic hydroxyl groups is 1. The molecule has 0 saturated heterocycles. The molecule has 0 aromatic heterocycles. The van der Waals surface area contributed by atoms with Crippen LogP contribution in [0.3, 0.4) is 0 Å². The molecule has 2 aromatic rings. The van der Waals surface area contributed by atoms with Crippen molar-refractivity contribution in [2.75, 3.05) is 7.11 Å². The Labute approximate surface area is 123 Å². The second kappa shape index (κ2) is 6.41. The van der Waals surface area contributed by atoms with Crippen LogP contribution in [0.4, 0.5) is 0 Å². The Hall–Kier alpha value is -2.33. The number of aliphatic hydroxyl groups excluding tert-OH is 1. The van der Waals surface area contributed by atoms with Gasteiger partial charge in [-0.15, -0.1) is 0 Å². The average molecular weight is 286 g/mol. The highest BCUT2D eigenvalue weighted by molar-refractivity contribution is 5.74. The van der Waals surface area contributed by atoms with Gasteiger partial charge in [0.1, 0.15) is 5.75 Å². The smallest absolute Gasteiger partial charge is 0.309 e. The Balaban J connectivity index is 2.42. The molecular formula is C17H18O4. The van der Waals surface area contributed by atoms with Crippen LogP contribution in [-0.2, 0) is 16.0 Å². The summed E-state index contributed by atoms with van der Waals surface area (Å²) < 4.78 is 4.65. The van der Waals surface area contributed by atoms with E-state index in [1.807, 2.05) is 18.2 Å². The van der Waals surface area contributed by atoms with Crippen molar-refractivity contribution in [2.24, 2.45) is 0 Å². The Bertz CT molecular complexity index is 630. The molecule has 0 spiro atoms. The molecule has 0 aliphatic carbocycles. The van der Waals surface area contributed by atoms with Gasteiger partial charge in [-0.05, 0) is 41.3 Å². The molecule has 4 heteroatoms. The number of rotatable bonds is 4. The van der Waals surface area contributed by atoms with E-state index in [2.05, 4.69) is 4.74 Å². The van der Waals surface area contributed by atoms with Gasteiger partial charge in [0.05, 0.1) is 19.6 Å². The van der Waals surface area contributed by atoms with Crippen LogP contribution < -0.4 is 0 Å². The minimum atomic E-state index is -0.661. The fraction of sp³-hybridized carbons (Fsp3) is 0.235. The lowest BCUT2D eigenvalue weighted by Crippen LogP contribution is -2.06. The fourth-order valence-corrected chi connectivity index (χ4v) is 2.21.